The first-order valence-electron chi connectivity index (χ1n) is 12.5. The van der Waals surface area contributed by atoms with Crippen molar-refractivity contribution >= 4 is 17.9 Å². The zero-order valence-electron chi connectivity index (χ0n) is 22.1. The number of ether oxygens (including phenoxy) is 2. The van der Waals surface area contributed by atoms with Crippen LogP contribution < -0.4 is 5.32 Å². The Morgan fingerprint density at radius 2 is 1.88 bits per heavy atom. The average molecular weight is 468 g/mol. The zero-order chi connectivity index (χ0) is 25.1. The number of nitrogens with zero attached hydrogens (tertiary/aromatic N) is 2. The maximum absolute atomic E-state index is 13.3. The van der Waals surface area contributed by atoms with Crippen LogP contribution in [0.2, 0.25) is 0 Å². The molecule has 2 aliphatic heterocycles. The monoisotopic (exact) mass is 467 g/mol. The molecule has 2 fully saturated rings. The van der Waals surface area contributed by atoms with Gasteiger partial charge in [0, 0.05) is 25.6 Å². The van der Waals surface area contributed by atoms with Crippen LogP contribution in [0.3, 0.4) is 0 Å². The van der Waals surface area contributed by atoms with Gasteiger partial charge in [0.25, 0.3) is 0 Å². The number of unbranched alkanes of at least 4 members (excludes halogenated alkanes) is 1. The second kappa shape index (κ2) is 10.6. The molecule has 0 bridgehead atoms. The number of carbonyl (C=O) groups is 3. The van der Waals surface area contributed by atoms with Crippen LogP contribution in [-0.4, -0.2) is 70.8 Å². The summed E-state index contributed by atoms with van der Waals surface area (Å²) in [6.45, 7) is 19.0. The Balaban J connectivity index is 2.41. The third-order valence-corrected chi connectivity index (χ3v) is 6.37. The number of carbonyl (C=O) groups excluding carboxylic acids is 3. The summed E-state index contributed by atoms with van der Waals surface area (Å²) in [6.07, 6.45) is 1.64. The summed E-state index contributed by atoms with van der Waals surface area (Å²) in [5, 5.41) is 2.95. The molecule has 2 aliphatic rings. The van der Waals surface area contributed by atoms with Gasteiger partial charge in [-0.15, -0.1) is 0 Å². The van der Waals surface area contributed by atoms with Gasteiger partial charge in [0.2, 0.25) is 11.8 Å². The molecule has 1 N–H and O–H groups in total. The third kappa shape index (κ3) is 6.40. The van der Waals surface area contributed by atoms with Crippen LogP contribution in [0.1, 0.15) is 81.6 Å². The van der Waals surface area contributed by atoms with Gasteiger partial charge in [0.15, 0.2) is 0 Å². The van der Waals surface area contributed by atoms with Gasteiger partial charge >= 0.3 is 6.09 Å². The SMILES string of the molecule is CCCCNC(=O)[C@H]1C(=O)N(CC)C[C@@H]1[C@@H]1OC(C)(C)N(C(=O)OC(C)(C)C)[C@H]1CC(C)C. The zero-order valence-corrected chi connectivity index (χ0v) is 22.1. The van der Waals surface area contributed by atoms with Crippen molar-refractivity contribution in [1.82, 2.24) is 15.1 Å². The molecule has 8 nitrogen and oxygen atoms in total. The fourth-order valence-electron chi connectivity index (χ4n) is 4.99. The molecule has 33 heavy (non-hydrogen) atoms. The summed E-state index contributed by atoms with van der Waals surface area (Å²) in [5.74, 6) is -1.26. The van der Waals surface area contributed by atoms with Crippen LogP contribution in [0.5, 0.6) is 0 Å². The predicted octanol–water partition coefficient (Wildman–Crippen LogP) is 3.78. The normalized spacial score (nSPS) is 27.4. The molecule has 0 saturated carbocycles. The second-order valence-corrected chi connectivity index (χ2v) is 11.2. The minimum atomic E-state index is -0.918. The van der Waals surface area contributed by atoms with Gasteiger partial charge in [-0.25, -0.2) is 4.79 Å². The quantitative estimate of drug-likeness (QED) is 0.433. The van der Waals surface area contributed by atoms with Crippen molar-refractivity contribution in [3.63, 3.8) is 0 Å². The number of rotatable bonds is 8. The molecule has 0 aromatic rings. The highest BCUT2D eigenvalue weighted by Gasteiger charge is 2.58. The first-order valence-corrected chi connectivity index (χ1v) is 12.5. The lowest BCUT2D eigenvalue weighted by molar-refractivity contribution is -0.140. The number of amides is 3. The second-order valence-electron chi connectivity index (χ2n) is 11.2. The summed E-state index contributed by atoms with van der Waals surface area (Å²) in [7, 11) is 0. The Kier molecular flexibility index (Phi) is 8.82. The Morgan fingerprint density at radius 1 is 1.24 bits per heavy atom. The van der Waals surface area contributed by atoms with Gasteiger partial charge in [-0.3, -0.25) is 14.5 Å². The van der Waals surface area contributed by atoms with Gasteiger partial charge in [-0.05, 0) is 60.3 Å². The number of nitrogens with one attached hydrogen (secondary N) is 1. The average Bonchev–Trinajstić information content (AvgIpc) is 3.12. The fraction of sp³-hybridized carbons (Fsp3) is 0.880. The van der Waals surface area contributed by atoms with Gasteiger partial charge in [-0.1, -0.05) is 27.2 Å². The van der Waals surface area contributed by atoms with E-state index in [9.17, 15) is 14.4 Å². The van der Waals surface area contributed by atoms with E-state index in [-0.39, 0.29) is 29.7 Å². The van der Waals surface area contributed by atoms with Gasteiger partial charge in [0.1, 0.15) is 17.2 Å². The summed E-state index contributed by atoms with van der Waals surface area (Å²) in [4.78, 5) is 43.0. The van der Waals surface area contributed by atoms with E-state index in [1.807, 2.05) is 41.5 Å². The highest BCUT2D eigenvalue weighted by atomic mass is 16.6. The van der Waals surface area contributed by atoms with E-state index in [2.05, 4.69) is 26.1 Å². The van der Waals surface area contributed by atoms with E-state index < -0.39 is 29.4 Å². The van der Waals surface area contributed by atoms with Gasteiger partial charge in [0.05, 0.1) is 12.1 Å². The summed E-state index contributed by atoms with van der Waals surface area (Å²) in [5.41, 5.74) is -1.56. The van der Waals surface area contributed by atoms with Crippen LogP contribution in [-0.2, 0) is 19.1 Å². The van der Waals surface area contributed by atoms with Crippen molar-refractivity contribution in [3.05, 3.63) is 0 Å². The fourth-order valence-corrected chi connectivity index (χ4v) is 4.99. The minimum absolute atomic E-state index is 0.156. The smallest absolute Gasteiger partial charge is 0.412 e. The molecule has 0 aromatic carbocycles. The Hall–Kier alpha value is -1.83. The van der Waals surface area contributed by atoms with Crippen LogP contribution >= 0.6 is 0 Å². The van der Waals surface area contributed by atoms with Crippen molar-refractivity contribution in [2.75, 3.05) is 19.6 Å². The lowest BCUT2D eigenvalue weighted by Gasteiger charge is -2.36. The topological polar surface area (TPSA) is 88.2 Å². The van der Waals surface area contributed by atoms with Gasteiger partial charge < -0.3 is 19.7 Å². The molecule has 8 heteroatoms. The van der Waals surface area contributed by atoms with Crippen molar-refractivity contribution < 1.29 is 23.9 Å². The van der Waals surface area contributed by atoms with Crippen LogP contribution in [0, 0.1) is 17.8 Å². The van der Waals surface area contributed by atoms with E-state index in [0.717, 1.165) is 12.8 Å². The van der Waals surface area contributed by atoms with Crippen molar-refractivity contribution in [2.24, 2.45) is 17.8 Å². The van der Waals surface area contributed by atoms with E-state index in [0.29, 0.717) is 26.1 Å². The van der Waals surface area contributed by atoms with E-state index in [1.54, 1.807) is 9.80 Å². The highest BCUT2D eigenvalue weighted by molar-refractivity contribution is 6.02. The maximum Gasteiger partial charge on any atom is 0.412 e. The Labute approximate surface area is 199 Å². The number of hydrogen-bond acceptors (Lipinski definition) is 5. The molecule has 2 saturated heterocycles. The highest BCUT2D eigenvalue weighted by Crippen LogP contribution is 2.43. The van der Waals surface area contributed by atoms with Gasteiger partial charge in [-0.2, -0.15) is 0 Å². The van der Waals surface area contributed by atoms with Crippen molar-refractivity contribution in [3.8, 4) is 0 Å². The molecule has 0 radical (unpaired) electrons. The standard InChI is InChI=1S/C25H45N3O5/c1-10-12-13-26-21(29)19-17(15-27(11-2)22(19)30)20-18(14-16(3)4)28(25(8,9)32-20)23(31)33-24(5,6)7/h16-20H,10-15H2,1-9H3,(H,26,29)/t17-,18-,19-,20-/m0/s1. The first kappa shape index (κ1) is 27.4. The summed E-state index contributed by atoms with van der Waals surface area (Å²) < 4.78 is 12.2. The Bertz CT molecular complexity index is 715. The molecular weight excluding hydrogens is 422 g/mol. The predicted molar refractivity (Wildman–Crippen MR) is 127 cm³/mol. The number of hydrogen-bond donors (Lipinski definition) is 1. The molecule has 0 unspecified atom stereocenters. The van der Waals surface area contributed by atoms with Crippen LogP contribution in [0.15, 0.2) is 0 Å². The molecule has 2 heterocycles. The molecule has 3 amide bonds. The van der Waals surface area contributed by atoms with E-state index in [1.165, 1.54) is 0 Å². The van der Waals surface area contributed by atoms with Crippen molar-refractivity contribution in [2.45, 2.75) is 105 Å². The molecule has 2 rings (SSSR count). The van der Waals surface area contributed by atoms with Crippen LogP contribution in [0.25, 0.3) is 0 Å². The summed E-state index contributed by atoms with van der Waals surface area (Å²) >= 11 is 0. The van der Waals surface area contributed by atoms with E-state index >= 15 is 0 Å². The minimum Gasteiger partial charge on any atom is -0.444 e. The molecular formula is C25H45N3O5. The van der Waals surface area contributed by atoms with Crippen LogP contribution in [0.4, 0.5) is 4.79 Å². The molecule has 0 aliphatic carbocycles. The lowest BCUT2D eigenvalue weighted by atomic mass is 9.83. The molecule has 0 aromatic heterocycles. The molecule has 190 valence electrons. The maximum atomic E-state index is 13.3. The first-order chi connectivity index (χ1) is 15.2. The largest absolute Gasteiger partial charge is 0.444 e. The Morgan fingerprint density at radius 3 is 2.39 bits per heavy atom. The summed E-state index contributed by atoms with van der Waals surface area (Å²) in [6, 6.07) is -0.296. The molecule has 4 atom stereocenters. The lowest BCUT2D eigenvalue weighted by Crippen LogP contribution is -2.51. The number of likely N-dealkylation sites (tertiary alicyclic amines) is 1. The molecule has 0 spiro atoms. The van der Waals surface area contributed by atoms with Crippen molar-refractivity contribution in [1.29, 1.82) is 0 Å². The third-order valence-electron chi connectivity index (χ3n) is 6.37. The van der Waals surface area contributed by atoms with E-state index in [4.69, 9.17) is 9.47 Å².